The average Bonchev–Trinajstić information content (AvgIpc) is 4.02. The van der Waals surface area contributed by atoms with Gasteiger partial charge in [0.2, 0.25) is 0 Å². The first-order chi connectivity index (χ1) is 27.8. The summed E-state index contributed by atoms with van der Waals surface area (Å²) in [4.78, 5) is 0. The minimum absolute atomic E-state index is 0.0645. The third-order valence-electron chi connectivity index (χ3n) is 13.6. The molecular weight excluding hydrogens is 689 g/mol. The molecule has 2 fully saturated rings. The second-order valence-corrected chi connectivity index (χ2v) is 16.2. The lowest BCUT2D eigenvalue weighted by atomic mass is 9.43. The number of hydrogen-bond acceptors (Lipinski definition) is 4. The number of fused-ring (bicyclic) bond motifs is 12. The molecule has 0 N–H and O–H groups in total. The third kappa shape index (κ3) is 4.24. The lowest BCUT2D eigenvalue weighted by Gasteiger charge is -2.58. The summed E-state index contributed by atoms with van der Waals surface area (Å²) in [6.45, 7) is 0. The van der Waals surface area contributed by atoms with Crippen molar-refractivity contribution in [1.29, 1.82) is 0 Å². The average molecular weight is 725 g/mol. The molecule has 4 heterocycles. The van der Waals surface area contributed by atoms with Gasteiger partial charge in [0.05, 0.1) is 0 Å². The van der Waals surface area contributed by atoms with Crippen molar-refractivity contribution in [3.63, 3.8) is 0 Å². The fraction of sp³-hybridized carbons (Fsp3) is 0.154. The second kappa shape index (κ2) is 11.5. The van der Waals surface area contributed by atoms with E-state index in [0.29, 0.717) is 0 Å². The van der Waals surface area contributed by atoms with Crippen molar-refractivity contribution >= 4 is 43.9 Å². The zero-order valence-electron chi connectivity index (χ0n) is 30.4. The van der Waals surface area contributed by atoms with E-state index < -0.39 is 0 Å². The van der Waals surface area contributed by atoms with Gasteiger partial charge in [0.15, 0.2) is 0 Å². The van der Waals surface area contributed by atoms with Gasteiger partial charge in [-0.05, 0) is 70.8 Å². The third-order valence-corrected chi connectivity index (χ3v) is 13.6. The summed E-state index contributed by atoms with van der Waals surface area (Å²) < 4.78 is 27.4. The van der Waals surface area contributed by atoms with E-state index >= 15 is 0 Å². The van der Waals surface area contributed by atoms with Crippen LogP contribution < -0.4 is 0 Å². The molecule has 0 radical (unpaired) electrons. The molecule has 3 aliphatic carbocycles. The molecule has 4 nitrogen and oxygen atoms in total. The summed E-state index contributed by atoms with van der Waals surface area (Å²) >= 11 is 0. The monoisotopic (exact) mass is 724 g/mol. The van der Waals surface area contributed by atoms with Gasteiger partial charge in [-0.25, -0.2) is 0 Å². The van der Waals surface area contributed by atoms with Crippen molar-refractivity contribution < 1.29 is 17.7 Å². The molecule has 4 heteroatoms. The molecular formula is C52H36O4. The topological polar surface area (TPSA) is 52.6 Å². The van der Waals surface area contributed by atoms with Crippen LogP contribution in [0.15, 0.2) is 188 Å². The highest BCUT2D eigenvalue weighted by molar-refractivity contribution is 5.81. The Bertz CT molecular complexity index is 2580. The Morgan fingerprint density at radius 3 is 0.679 bits per heavy atom. The van der Waals surface area contributed by atoms with Gasteiger partial charge in [-0.3, -0.25) is 0 Å². The molecule has 0 saturated heterocycles. The van der Waals surface area contributed by atoms with Crippen LogP contribution >= 0.6 is 0 Å². The van der Waals surface area contributed by atoms with E-state index in [1.54, 1.807) is 0 Å². The molecule has 2 saturated carbocycles. The molecule has 0 aliphatic heterocycles. The number of hydrogen-bond donors (Lipinski definition) is 0. The van der Waals surface area contributed by atoms with Gasteiger partial charge in [-0.1, -0.05) is 121 Å². The molecule has 10 aromatic rings. The standard InChI is InChI=1S/C52H36O4/c1-9-21-37-29(13-1)25-41(53-37)49-45-33-17-5-6-18-34(33)47-48(36-20-8-7-19-35(36)46(45)50(49)42-26-30-14-2-10-22-38(30)54-42)52(44-28-32-16-4-12-24-40(32)56-44)51(47)43-27-31-15-3-11-23-39(31)55-43/h1-28,45-52H/t45-,46+,47+,48-,49+,50-,51-,52+. The van der Waals surface area contributed by atoms with Gasteiger partial charge < -0.3 is 17.7 Å². The first-order valence-electron chi connectivity index (χ1n) is 19.9. The Kier molecular flexibility index (Phi) is 6.32. The Balaban J connectivity index is 1.07. The van der Waals surface area contributed by atoms with E-state index in [-0.39, 0.29) is 47.3 Å². The molecule has 4 aromatic heterocycles. The summed E-state index contributed by atoms with van der Waals surface area (Å²) in [7, 11) is 0. The van der Waals surface area contributed by atoms with Gasteiger partial charge in [0.25, 0.3) is 0 Å². The number of rotatable bonds is 4. The van der Waals surface area contributed by atoms with E-state index in [2.05, 4.69) is 170 Å². The van der Waals surface area contributed by atoms with Crippen molar-refractivity contribution in [3.05, 3.63) is 215 Å². The van der Waals surface area contributed by atoms with Gasteiger partial charge in [-0.15, -0.1) is 0 Å². The van der Waals surface area contributed by atoms with Crippen molar-refractivity contribution in [2.24, 2.45) is 0 Å². The molecule has 56 heavy (non-hydrogen) atoms. The summed E-state index contributed by atoms with van der Waals surface area (Å²) in [5.41, 5.74) is 9.26. The number of furan rings is 4. The molecule has 6 aromatic carbocycles. The largest absolute Gasteiger partial charge is 0.461 e. The van der Waals surface area contributed by atoms with Crippen molar-refractivity contribution in [3.8, 4) is 0 Å². The fourth-order valence-corrected chi connectivity index (χ4v) is 11.4. The van der Waals surface area contributed by atoms with Gasteiger partial charge >= 0.3 is 0 Å². The zero-order chi connectivity index (χ0) is 36.5. The van der Waals surface area contributed by atoms with Crippen LogP contribution in [-0.2, 0) is 0 Å². The molecule has 8 atom stereocenters. The SMILES string of the molecule is c1ccc2c(c1)[C@@H]1[C@@H](c3cc4ccccc4o3)[C@@H](c3cc4ccccc4o3)[C@@H]1c1ccccc1[C@@H]1[C@@H](c3cc4ccccc4o3)[C@@H](c3cc4ccccc4o3)[C@H]21. The minimum atomic E-state index is 0.0645. The molecule has 0 spiro atoms. The van der Waals surface area contributed by atoms with Crippen molar-refractivity contribution in [2.75, 3.05) is 0 Å². The Morgan fingerprint density at radius 2 is 0.446 bits per heavy atom. The van der Waals surface area contributed by atoms with Crippen LogP contribution in [0.1, 0.15) is 92.6 Å². The maximum atomic E-state index is 6.84. The predicted molar refractivity (Wildman–Crippen MR) is 220 cm³/mol. The molecule has 0 bridgehead atoms. The summed E-state index contributed by atoms with van der Waals surface area (Å²) in [5.74, 6) is 4.97. The highest BCUT2D eigenvalue weighted by Gasteiger charge is 2.63. The van der Waals surface area contributed by atoms with Crippen LogP contribution in [0.3, 0.4) is 0 Å². The minimum Gasteiger partial charge on any atom is -0.461 e. The number of para-hydroxylation sites is 4. The Morgan fingerprint density at radius 1 is 0.232 bits per heavy atom. The number of benzene rings is 6. The fourth-order valence-electron chi connectivity index (χ4n) is 11.4. The van der Waals surface area contributed by atoms with E-state index in [0.717, 1.165) is 66.9 Å². The predicted octanol–water partition coefficient (Wildman–Crippen LogP) is 13.9. The first-order valence-corrected chi connectivity index (χ1v) is 19.9. The van der Waals surface area contributed by atoms with Crippen molar-refractivity contribution in [1.82, 2.24) is 0 Å². The van der Waals surface area contributed by atoms with Crippen LogP contribution in [0, 0.1) is 0 Å². The van der Waals surface area contributed by atoms with Crippen molar-refractivity contribution in [2.45, 2.75) is 47.3 Å². The summed E-state index contributed by atoms with van der Waals surface area (Å²) in [6.07, 6.45) is 0. The summed E-state index contributed by atoms with van der Waals surface area (Å²) in [6, 6.07) is 61.2. The molecule has 0 unspecified atom stereocenters. The molecule has 0 amide bonds. The van der Waals surface area contributed by atoms with Crippen LogP contribution in [0.2, 0.25) is 0 Å². The lowest BCUT2D eigenvalue weighted by Crippen LogP contribution is -2.46. The molecule has 3 aliphatic rings. The van der Waals surface area contributed by atoms with E-state index in [1.165, 1.54) is 22.3 Å². The maximum absolute atomic E-state index is 6.84. The van der Waals surface area contributed by atoms with Gasteiger partial charge in [0.1, 0.15) is 45.4 Å². The van der Waals surface area contributed by atoms with Gasteiger partial charge in [-0.2, -0.15) is 0 Å². The highest BCUT2D eigenvalue weighted by Crippen LogP contribution is 2.75. The Hall–Kier alpha value is -6.52. The van der Waals surface area contributed by atoms with E-state index in [1.807, 2.05) is 0 Å². The molecule has 13 rings (SSSR count). The van der Waals surface area contributed by atoms with Crippen LogP contribution in [-0.4, -0.2) is 0 Å². The zero-order valence-corrected chi connectivity index (χ0v) is 30.4. The van der Waals surface area contributed by atoms with Crippen LogP contribution in [0.25, 0.3) is 43.9 Å². The first kappa shape index (κ1) is 30.8. The maximum Gasteiger partial charge on any atom is 0.134 e. The molecule has 268 valence electrons. The smallest absolute Gasteiger partial charge is 0.134 e. The highest BCUT2D eigenvalue weighted by atomic mass is 16.4. The quantitative estimate of drug-likeness (QED) is 0.181. The normalized spacial score (nSPS) is 25.1. The van der Waals surface area contributed by atoms with E-state index in [9.17, 15) is 0 Å². The lowest BCUT2D eigenvalue weighted by molar-refractivity contribution is 0.149. The van der Waals surface area contributed by atoms with Gasteiger partial charge in [0, 0.05) is 68.9 Å². The van der Waals surface area contributed by atoms with Crippen LogP contribution in [0.4, 0.5) is 0 Å². The Labute approximate surface area is 323 Å². The van der Waals surface area contributed by atoms with E-state index in [4.69, 9.17) is 17.7 Å². The summed E-state index contributed by atoms with van der Waals surface area (Å²) in [5, 5.41) is 4.52. The second-order valence-electron chi connectivity index (χ2n) is 16.2. The van der Waals surface area contributed by atoms with Crippen LogP contribution in [0.5, 0.6) is 0 Å².